The summed E-state index contributed by atoms with van der Waals surface area (Å²) in [6, 6.07) is 8.39. The van der Waals surface area contributed by atoms with Gasteiger partial charge in [-0.25, -0.2) is 0 Å². The van der Waals surface area contributed by atoms with Crippen LogP contribution >= 0.6 is 12.4 Å². The first kappa shape index (κ1) is 13.5. The van der Waals surface area contributed by atoms with Gasteiger partial charge in [-0.15, -0.1) is 19.0 Å². The monoisotopic (exact) mass is 248 g/mol. The second-order valence-electron chi connectivity index (χ2n) is 4.00. The van der Waals surface area contributed by atoms with Gasteiger partial charge in [0.2, 0.25) is 0 Å². The second-order valence-corrected chi connectivity index (χ2v) is 4.00. The van der Waals surface area contributed by atoms with E-state index >= 15 is 0 Å². The fourth-order valence-electron chi connectivity index (χ4n) is 1.80. The molecule has 0 radical (unpaired) electrons. The highest BCUT2D eigenvalue weighted by Gasteiger charge is 2.03. The SMILES string of the molecule is C=CCNc1cc(C)nc2ccc(C)cc12.Cl. The van der Waals surface area contributed by atoms with E-state index in [0.717, 1.165) is 23.4 Å². The van der Waals surface area contributed by atoms with Crippen LogP contribution in [0.5, 0.6) is 0 Å². The Balaban J connectivity index is 0.00000144. The molecule has 0 saturated carbocycles. The quantitative estimate of drug-likeness (QED) is 0.834. The molecule has 0 fully saturated rings. The van der Waals surface area contributed by atoms with Crippen LogP contribution in [-0.2, 0) is 0 Å². The van der Waals surface area contributed by atoms with Crippen LogP contribution in [0, 0.1) is 13.8 Å². The predicted octanol–water partition coefficient (Wildman–Crippen LogP) is 3.87. The summed E-state index contributed by atoms with van der Waals surface area (Å²) >= 11 is 0. The smallest absolute Gasteiger partial charge is 0.0726 e. The lowest BCUT2D eigenvalue weighted by Crippen LogP contribution is -2.00. The maximum Gasteiger partial charge on any atom is 0.0726 e. The minimum absolute atomic E-state index is 0. The first-order chi connectivity index (χ1) is 7.70. The van der Waals surface area contributed by atoms with Crippen LogP contribution in [0.25, 0.3) is 10.9 Å². The number of fused-ring (bicyclic) bond motifs is 1. The van der Waals surface area contributed by atoms with E-state index in [4.69, 9.17) is 0 Å². The van der Waals surface area contributed by atoms with Crippen molar-refractivity contribution >= 4 is 29.0 Å². The van der Waals surface area contributed by atoms with Gasteiger partial charge in [-0.3, -0.25) is 4.98 Å². The lowest BCUT2D eigenvalue weighted by molar-refractivity contribution is 1.24. The summed E-state index contributed by atoms with van der Waals surface area (Å²) in [6.07, 6.45) is 1.86. The first-order valence-electron chi connectivity index (χ1n) is 5.43. The van der Waals surface area contributed by atoms with Gasteiger partial charge in [0, 0.05) is 23.3 Å². The van der Waals surface area contributed by atoms with E-state index in [-0.39, 0.29) is 12.4 Å². The van der Waals surface area contributed by atoms with Gasteiger partial charge in [0.25, 0.3) is 0 Å². The zero-order valence-corrected chi connectivity index (χ0v) is 11.0. The summed E-state index contributed by atoms with van der Waals surface area (Å²) < 4.78 is 0. The summed E-state index contributed by atoms with van der Waals surface area (Å²) in [7, 11) is 0. The third kappa shape index (κ3) is 2.98. The molecule has 0 aliphatic heterocycles. The molecule has 0 atom stereocenters. The van der Waals surface area contributed by atoms with Crippen molar-refractivity contribution < 1.29 is 0 Å². The molecule has 1 N–H and O–H groups in total. The fourth-order valence-corrected chi connectivity index (χ4v) is 1.80. The fraction of sp³-hybridized carbons (Fsp3) is 0.214. The van der Waals surface area contributed by atoms with Crippen LogP contribution in [0.3, 0.4) is 0 Å². The lowest BCUT2D eigenvalue weighted by atomic mass is 10.1. The molecule has 90 valence electrons. The van der Waals surface area contributed by atoms with Crippen LogP contribution in [0.4, 0.5) is 5.69 Å². The highest BCUT2D eigenvalue weighted by atomic mass is 35.5. The van der Waals surface area contributed by atoms with Crippen LogP contribution in [-0.4, -0.2) is 11.5 Å². The molecular formula is C14H17ClN2. The molecular weight excluding hydrogens is 232 g/mol. The van der Waals surface area contributed by atoms with Crippen molar-refractivity contribution in [3.05, 3.63) is 48.2 Å². The molecule has 0 unspecified atom stereocenters. The molecule has 3 heteroatoms. The Morgan fingerprint density at radius 3 is 2.76 bits per heavy atom. The van der Waals surface area contributed by atoms with Crippen molar-refractivity contribution in [3.8, 4) is 0 Å². The van der Waals surface area contributed by atoms with E-state index in [2.05, 4.69) is 48.1 Å². The van der Waals surface area contributed by atoms with Crippen molar-refractivity contribution in [1.29, 1.82) is 0 Å². The summed E-state index contributed by atoms with van der Waals surface area (Å²) in [6.45, 7) is 8.59. The van der Waals surface area contributed by atoms with Gasteiger partial charge >= 0.3 is 0 Å². The highest BCUT2D eigenvalue weighted by molar-refractivity contribution is 5.92. The topological polar surface area (TPSA) is 24.9 Å². The molecule has 0 spiro atoms. The van der Waals surface area contributed by atoms with Crippen LogP contribution < -0.4 is 5.32 Å². The number of hydrogen-bond donors (Lipinski definition) is 1. The number of pyridine rings is 1. The summed E-state index contributed by atoms with van der Waals surface area (Å²) in [4.78, 5) is 4.52. The van der Waals surface area contributed by atoms with Crippen molar-refractivity contribution in [2.45, 2.75) is 13.8 Å². The largest absolute Gasteiger partial charge is 0.381 e. The summed E-state index contributed by atoms with van der Waals surface area (Å²) in [5.41, 5.74) is 4.45. The maximum absolute atomic E-state index is 4.52. The number of nitrogens with one attached hydrogen (secondary N) is 1. The van der Waals surface area contributed by atoms with Gasteiger partial charge in [0.1, 0.15) is 0 Å². The van der Waals surface area contributed by atoms with Crippen LogP contribution in [0.15, 0.2) is 36.9 Å². The lowest BCUT2D eigenvalue weighted by Gasteiger charge is -2.09. The van der Waals surface area contributed by atoms with E-state index in [1.165, 1.54) is 10.9 Å². The van der Waals surface area contributed by atoms with Crippen LogP contribution in [0.1, 0.15) is 11.3 Å². The average Bonchev–Trinajstić information content (AvgIpc) is 2.26. The molecule has 1 heterocycles. The zero-order chi connectivity index (χ0) is 11.5. The predicted molar refractivity (Wildman–Crippen MR) is 77.2 cm³/mol. The molecule has 2 rings (SSSR count). The Morgan fingerprint density at radius 1 is 1.29 bits per heavy atom. The molecule has 17 heavy (non-hydrogen) atoms. The summed E-state index contributed by atoms with van der Waals surface area (Å²) in [5, 5.41) is 4.52. The number of aromatic nitrogens is 1. The highest BCUT2D eigenvalue weighted by Crippen LogP contribution is 2.24. The molecule has 2 aromatic rings. The maximum atomic E-state index is 4.52. The number of anilines is 1. The van der Waals surface area contributed by atoms with Gasteiger partial charge < -0.3 is 5.32 Å². The van der Waals surface area contributed by atoms with Crippen molar-refractivity contribution in [2.75, 3.05) is 11.9 Å². The molecule has 0 aliphatic rings. The van der Waals surface area contributed by atoms with Gasteiger partial charge in [-0.05, 0) is 32.0 Å². The third-order valence-electron chi connectivity index (χ3n) is 2.53. The molecule has 0 bridgehead atoms. The van der Waals surface area contributed by atoms with E-state index in [1.807, 2.05) is 13.0 Å². The van der Waals surface area contributed by atoms with Gasteiger partial charge in [-0.2, -0.15) is 0 Å². The van der Waals surface area contributed by atoms with Gasteiger partial charge in [0.15, 0.2) is 0 Å². The Bertz CT molecular complexity index is 535. The second kappa shape index (κ2) is 5.69. The number of benzene rings is 1. The van der Waals surface area contributed by atoms with Gasteiger partial charge in [0.05, 0.1) is 5.52 Å². The normalized spacial score (nSPS) is 9.76. The van der Waals surface area contributed by atoms with E-state index in [1.54, 1.807) is 0 Å². The molecule has 2 nitrogen and oxygen atoms in total. The number of rotatable bonds is 3. The van der Waals surface area contributed by atoms with Crippen molar-refractivity contribution in [1.82, 2.24) is 4.98 Å². The van der Waals surface area contributed by atoms with Gasteiger partial charge in [-0.1, -0.05) is 17.7 Å². The van der Waals surface area contributed by atoms with E-state index in [0.29, 0.717) is 0 Å². The Kier molecular flexibility index (Phi) is 4.53. The van der Waals surface area contributed by atoms with E-state index < -0.39 is 0 Å². The Labute approximate surface area is 108 Å². The molecule has 0 amide bonds. The molecule has 0 saturated heterocycles. The van der Waals surface area contributed by atoms with Crippen LogP contribution in [0.2, 0.25) is 0 Å². The average molecular weight is 249 g/mol. The zero-order valence-electron chi connectivity index (χ0n) is 10.2. The minimum atomic E-state index is 0. The number of nitrogens with zero attached hydrogens (tertiary/aromatic N) is 1. The summed E-state index contributed by atoms with van der Waals surface area (Å²) in [5.74, 6) is 0. The Morgan fingerprint density at radius 2 is 2.06 bits per heavy atom. The van der Waals surface area contributed by atoms with Crippen molar-refractivity contribution in [2.24, 2.45) is 0 Å². The first-order valence-corrected chi connectivity index (χ1v) is 5.43. The van der Waals surface area contributed by atoms with E-state index in [9.17, 15) is 0 Å². The Hall–Kier alpha value is -1.54. The molecule has 1 aromatic carbocycles. The minimum Gasteiger partial charge on any atom is -0.381 e. The number of halogens is 1. The standard InChI is InChI=1S/C14H16N2.ClH/c1-4-7-15-14-9-11(3)16-13-6-5-10(2)8-12(13)14;/h4-6,8-9H,1,7H2,2-3H3,(H,15,16);1H. The number of hydrogen-bond acceptors (Lipinski definition) is 2. The molecule has 0 aliphatic carbocycles. The molecule has 1 aromatic heterocycles. The number of aryl methyl sites for hydroxylation is 2. The van der Waals surface area contributed by atoms with Crippen molar-refractivity contribution in [3.63, 3.8) is 0 Å². The third-order valence-corrected chi connectivity index (χ3v) is 2.53.